The number of fused-ring (bicyclic) bond motifs is 1. The highest BCUT2D eigenvalue weighted by molar-refractivity contribution is 14.1. The summed E-state index contributed by atoms with van der Waals surface area (Å²) in [6.07, 6.45) is 1.37. The van der Waals surface area contributed by atoms with Gasteiger partial charge in [0.05, 0.1) is 39.6 Å². The van der Waals surface area contributed by atoms with Crippen molar-refractivity contribution in [2.45, 2.75) is 13.5 Å². The first-order valence-electron chi connectivity index (χ1n) is 9.05. The number of aromatic nitrogens is 4. The lowest BCUT2D eigenvalue weighted by Gasteiger charge is -2.15. The van der Waals surface area contributed by atoms with Gasteiger partial charge in [-0.2, -0.15) is 0 Å². The molecule has 2 aromatic carbocycles. The number of halogens is 2. The Morgan fingerprint density at radius 1 is 1.13 bits per heavy atom. The summed E-state index contributed by atoms with van der Waals surface area (Å²) in [4.78, 5) is 18.0. The van der Waals surface area contributed by atoms with Crippen LogP contribution < -0.4 is 11.1 Å². The number of aryl methyl sites for hydroxylation is 1. The molecule has 4 rings (SSSR count). The fourth-order valence-corrected chi connectivity index (χ4v) is 3.92. The van der Waals surface area contributed by atoms with Gasteiger partial charge in [-0.05, 0) is 47.2 Å². The van der Waals surface area contributed by atoms with Gasteiger partial charge >= 0.3 is 0 Å². The maximum absolute atomic E-state index is 7.98. The molecule has 30 heavy (non-hydrogen) atoms. The molecular weight excluding hydrogens is 513 g/mol. The minimum absolute atomic E-state index is 0.249. The van der Waals surface area contributed by atoms with Crippen LogP contribution in [0.5, 0.6) is 0 Å². The number of nitrogens with two attached hydrogens (primary N) is 1. The second kappa shape index (κ2) is 8.49. The van der Waals surface area contributed by atoms with Gasteiger partial charge in [0.15, 0.2) is 0 Å². The zero-order chi connectivity index (χ0) is 21.3. The standard InChI is InChI=1S/C21H17ClIN7/c1-11-5-4-8-14-17(11)30-18(12-6-2-3-7-13(12)22)15(29-14)9-26-21-16(19(23)24)20(25)27-10-28-21/h2-8,10,24H,9H2,1H3,(H3,25,26,27,28). The van der Waals surface area contributed by atoms with E-state index in [0.717, 1.165) is 22.2 Å². The molecule has 2 aromatic heterocycles. The van der Waals surface area contributed by atoms with Crippen LogP contribution in [0.1, 0.15) is 16.8 Å². The molecule has 2 heterocycles. The van der Waals surface area contributed by atoms with E-state index >= 15 is 0 Å². The normalized spacial score (nSPS) is 10.9. The second-order valence-corrected chi connectivity index (χ2v) is 8.08. The number of rotatable bonds is 5. The van der Waals surface area contributed by atoms with E-state index in [-0.39, 0.29) is 9.54 Å². The summed E-state index contributed by atoms with van der Waals surface area (Å²) in [5, 5.41) is 11.8. The largest absolute Gasteiger partial charge is 0.383 e. The maximum Gasteiger partial charge on any atom is 0.141 e. The summed E-state index contributed by atoms with van der Waals surface area (Å²) in [5.74, 6) is 0.719. The third kappa shape index (κ3) is 3.92. The molecule has 0 aliphatic heterocycles. The predicted molar refractivity (Wildman–Crippen MR) is 129 cm³/mol. The van der Waals surface area contributed by atoms with Crippen molar-refractivity contribution in [3.63, 3.8) is 0 Å². The molecular formula is C21H17ClIN7. The first kappa shape index (κ1) is 20.4. The first-order chi connectivity index (χ1) is 14.5. The molecule has 4 aromatic rings. The minimum atomic E-state index is 0.249. The van der Waals surface area contributed by atoms with Crippen molar-refractivity contribution in [2.24, 2.45) is 0 Å². The number of benzene rings is 2. The summed E-state index contributed by atoms with van der Waals surface area (Å²) in [6.45, 7) is 2.33. The van der Waals surface area contributed by atoms with Crippen molar-refractivity contribution in [2.75, 3.05) is 11.1 Å². The second-order valence-electron chi connectivity index (χ2n) is 6.59. The van der Waals surface area contributed by atoms with Gasteiger partial charge in [-0.3, -0.25) is 5.41 Å². The Kier molecular flexibility index (Phi) is 5.78. The van der Waals surface area contributed by atoms with E-state index in [9.17, 15) is 0 Å². The van der Waals surface area contributed by atoms with Crippen molar-refractivity contribution in [3.8, 4) is 11.3 Å². The van der Waals surface area contributed by atoms with Crippen molar-refractivity contribution >= 4 is 60.6 Å². The number of hydrogen-bond donors (Lipinski definition) is 3. The number of para-hydroxylation sites is 1. The molecule has 0 spiro atoms. The number of anilines is 2. The third-order valence-corrected chi connectivity index (χ3v) is 5.49. The fraction of sp³-hybridized carbons (Fsp3) is 0.0952. The average Bonchev–Trinajstić information content (AvgIpc) is 2.72. The Labute approximate surface area is 191 Å². The molecule has 0 bridgehead atoms. The Morgan fingerprint density at radius 2 is 1.93 bits per heavy atom. The van der Waals surface area contributed by atoms with E-state index in [0.29, 0.717) is 34.3 Å². The van der Waals surface area contributed by atoms with Crippen LogP contribution in [-0.2, 0) is 6.54 Å². The van der Waals surface area contributed by atoms with Crippen LogP contribution in [0.3, 0.4) is 0 Å². The molecule has 9 heteroatoms. The quantitative estimate of drug-likeness (QED) is 0.248. The fourth-order valence-electron chi connectivity index (χ4n) is 3.16. The molecule has 0 atom stereocenters. The maximum atomic E-state index is 7.98. The summed E-state index contributed by atoms with van der Waals surface area (Å²) >= 11 is 8.36. The van der Waals surface area contributed by atoms with E-state index in [1.165, 1.54) is 6.33 Å². The lowest BCUT2D eigenvalue weighted by Crippen LogP contribution is -2.12. The van der Waals surface area contributed by atoms with E-state index in [2.05, 4.69) is 15.3 Å². The van der Waals surface area contributed by atoms with E-state index in [4.69, 9.17) is 32.7 Å². The molecule has 0 amide bonds. The summed E-state index contributed by atoms with van der Waals surface area (Å²) in [7, 11) is 0. The lowest BCUT2D eigenvalue weighted by molar-refractivity contribution is 1.02. The molecule has 0 aliphatic rings. The SMILES string of the molecule is Cc1cccc2nc(CNc3ncnc(N)c3C(=N)I)c(-c3ccccc3Cl)nc12. The highest BCUT2D eigenvalue weighted by Gasteiger charge is 2.17. The third-order valence-electron chi connectivity index (χ3n) is 4.62. The molecule has 0 unspecified atom stereocenters. The predicted octanol–water partition coefficient (Wildman–Crippen LogP) is 5.00. The van der Waals surface area contributed by atoms with Crippen LogP contribution in [-0.4, -0.2) is 23.7 Å². The van der Waals surface area contributed by atoms with Gasteiger partial charge in [-0.25, -0.2) is 19.9 Å². The van der Waals surface area contributed by atoms with Crippen LogP contribution in [0.15, 0.2) is 48.8 Å². The van der Waals surface area contributed by atoms with E-state index in [1.807, 2.05) is 72.0 Å². The Bertz CT molecular complexity index is 1280. The van der Waals surface area contributed by atoms with Gasteiger partial charge in [0, 0.05) is 5.56 Å². The van der Waals surface area contributed by atoms with Crippen LogP contribution in [0.2, 0.25) is 5.02 Å². The Hall–Kier alpha value is -2.85. The zero-order valence-electron chi connectivity index (χ0n) is 15.9. The van der Waals surface area contributed by atoms with Gasteiger partial charge in [0.25, 0.3) is 0 Å². The smallest absolute Gasteiger partial charge is 0.141 e. The van der Waals surface area contributed by atoms with E-state index < -0.39 is 0 Å². The molecule has 4 N–H and O–H groups in total. The highest BCUT2D eigenvalue weighted by Crippen LogP contribution is 2.31. The van der Waals surface area contributed by atoms with Gasteiger partial charge in [-0.1, -0.05) is 41.9 Å². The molecule has 7 nitrogen and oxygen atoms in total. The van der Waals surface area contributed by atoms with Crippen molar-refractivity contribution in [1.82, 2.24) is 19.9 Å². The van der Waals surface area contributed by atoms with Crippen LogP contribution >= 0.6 is 34.2 Å². The van der Waals surface area contributed by atoms with Crippen molar-refractivity contribution in [3.05, 3.63) is 70.6 Å². The summed E-state index contributed by atoms with van der Waals surface area (Å²) in [6, 6.07) is 13.5. The van der Waals surface area contributed by atoms with Gasteiger partial charge in [-0.15, -0.1) is 0 Å². The molecule has 0 fully saturated rings. The number of hydrogen-bond acceptors (Lipinski definition) is 7. The van der Waals surface area contributed by atoms with Crippen molar-refractivity contribution in [1.29, 1.82) is 5.41 Å². The van der Waals surface area contributed by atoms with E-state index in [1.54, 1.807) is 0 Å². The molecule has 150 valence electrons. The monoisotopic (exact) mass is 529 g/mol. The van der Waals surface area contributed by atoms with Crippen LogP contribution in [0.4, 0.5) is 11.6 Å². The Morgan fingerprint density at radius 3 is 2.70 bits per heavy atom. The van der Waals surface area contributed by atoms with Gasteiger partial charge in [0.2, 0.25) is 0 Å². The molecule has 0 saturated heterocycles. The highest BCUT2D eigenvalue weighted by atomic mass is 127. The first-order valence-corrected chi connectivity index (χ1v) is 10.5. The number of nitrogens with one attached hydrogen (secondary N) is 2. The van der Waals surface area contributed by atoms with Gasteiger partial charge < -0.3 is 11.1 Å². The molecule has 0 saturated carbocycles. The Balaban J connectivity index is 1.83. The zero-order valence-corrected chi connectivity index (χ0v) is 18.9. The topological polar surface area (TPSA) is 113 Å². The average molecular weight is 530 g/mol. The van der Waals surface area contributed by atoms with Crippen LogP contribution in [0.25, 0.3) is 22.3 Å². The molecule has 0 radical (unpaired) electrons. The van der Waals surface area contributed by atoms with Crippen molar-refractivity contribution < 1.29 is 0 Å². The molecule has 0 aliphatic carbocycles. The van der Waals surface area contributed by atoms with Gasteiger partial charge in [0.1, 0.15) is 21.7 Å². The summed E-state index contributed by atoms with van der Waals surface area (Å²) in [5.41, 5.74) is 11.3. The number of nitrogen functional groups attached to an aromatic ring is 1. The summed E-state index contributed by atoms with van der Waals surface area (Å²) < 4.78 is 0.250. The lowest BCUT2D eigenvalue weighted by atomic mass is 10.1. The number of nitrogens with zero attached hydrogens (tertiary/aromatic N) is 4. The van der Waals surface area contributed by atoms with Crippen LogP contribution in [0, 0.1) is 12.3 Å². The minimum Gasteiger partial charge on any atom is -0.383 e.